The maximum absolute atomic E-state index is 14.1. The minimum Gasteiger partial charge on any atom is -0.494 e. The Kier molecular flexibility index (Phi) is 3.90. The molecule has 0 bridgehead atoms. The highest BCUT2D eigenvalue weighted by Crippen LogP contribution is 2.35. The fraction of sp³-hybridized carbons (Fsp3) is 0.0714. The zero-order valence-electron chi connectivity index (χ0n) is 10.3. The molecule has 2 aromatic carbocycles. The molecule has 0 aliphatic carbocycles. The first-order chi connectivity index (χ1) is 9.45. The van der Waals surface area contributed by atoms with Gasteiger partial charge in [0.15, 0.2) is 11.6 Å². The molecule has 0 fully saturated rings. The number of methoxy groups -OCH3 is 1. The summed E-state index contributed by atoms with van der Waals surface area (Å²) in [5.74, 6) is -3.14. The fourth-order valence-corrected chi connectivity index (χ4v) is 2.06. The number of carbonyl (C=O) groups is 1. The maximum atomic E-state index is 14.1. The molecule has 0 aliphatic rings. The number of ether oxygens (including phenoxy) is 1. The third kappa shape index (κ3) is 2.44. The van der Waals surface area contributed by atoms with Crippen molar-refractivity contribution in [3.63, 3.8) is 0 Å². The number of benzene rings is 2. The van der Waals surface area contributed by atoms with Crippen LogP contribution in [0.3, 0.4) is 0 Å². The summed E-state index contributed by atoms with van der Waals surface area (Å²) in [5.41, 5.74) is -0.474. The van der Waals surface area contributed by atoms with Crippen molar-refractivity contribution in [2.45, 2.75) is 0 Å². The Morgan fingerprint density at radius 2 is 1.95 bits per heavy atom. The predicted molar refractivity (Wildman–Crippen MR) is 70.3 cm³/mol. The molecule has 1 N–H and O–H groups in total. The van der Waals surface area contributed by atoms with Gasteiger partial charge in [0, 0.05) is 16.1 Å². The van der Waals surface area contributed by atoms with Crippen LogP contribution in [0.25, 0.3) is 11.1 Å². The van der Waals surface area contributed by atoms with E-state index in [4.69, 9.17) is 21.4 Å². The maximum Gasteiger partial charge on any atom is 0.338 e. The standard InChI is InChI=1S/C14H9ClF2O3/c1-20-12-4-2-3-7(13(12)17)8-6-11(16)9(14(18)19)5-10(8)15/h2-6H,1H3,(H,18,19). The molecular formula is C14H9ClF2O3. The van der Waals surface area contributed by atoms with Crippen LogP contribution in [0.4, 0.5) is 8.78 Å². The van der Waals surface area contributed by atoms with E-state index < -0.39 is 23.2 Å². The molecule has 3 nitrogen and oxygen atoms in total. The van der Waals surface area contributed by atoms with Gasteiger partial charge in [0.1, 0.15) is 5.82 Å². The van der Waals surface area contributed by atoms with Crippen LogP contribution in [0, 0.1) is 11.6 Å². The highest BCUT2D eigenvalue weighted by molar-refractivity contribution is 6.33. The van der Waals surface area contributed by atoms with Gasteiger partial charge in [-0.1, -0.05) is 23.7 Å². The van der Waals surface area contributed by atoms with Crippen LogP contribution < -0.4 is 4.74 Å². The number of rotatable bonds is 3. The Labute approximate surface area is 118 Å². The number of carboxylic acid groups (broad SMARTS) is 1. The minimum atomic E-state index is -1.44. The smallest absolute Gasteiger partial charge is 0.338 e. The molecular weight excluding hydrogens is 290 g/mol. The van der Waals surface area contributed by atoms with Gasteiger partial charge in [-0.3, -0.25) is 0 Å². The molecule has 2 aromatic rings. The highest BCUT2D eigenvalue weighted by Gasteiger charge is 2.18. The predicted octanol–water partition coefficient (Wildman–Crippen LogP) is 3.99. The summed E-state index contributed by atoms with van der Waals surface area (Å²) in [7, 11) is 1.30. The molecule has 104 valence electrons. The second-order valence-corrected chi connectivity index (χ2v) is 4.35. The number of carboxylic acids is 1. The van der Waals surface area contributed by atoms with Crippen LogP contribution in [0.15, 0.2) is 30.3 Å². The molecule has 2 rings (SSSR count). The lowest BCUT2D eigenvalue weighted by molar-refractivity contribution is 0.0692. The Morgan fingerprint density at radius 3 is 2.55 bits per heavy atom. The van der Waals surface area contributed by atoms with E-state index >= 15 is 0 Å². The highest BCUT2D eigenvalue weighted by atomic mass is 35.5. The summed E-state index contributed by atoms with van der Waals surface area (Å²) in [6.45, 7) is 0. The van der Waals surface area contributed by atoms with E-state index in [9.17, 15) is 13.6 Å². The lowest BCUT2D eigenvalue weighted by Gasteiger charge is -2.10. The summed E-state index contributed by atoms with van der Waals surface area (Å²) >= 11 is 5.91. The topological polar surface area (TPSA) is 46.5 Å². The molecule has 0 saturated heterocycles. The third-order valence-corrected chi connectivity index (χ3v) is 3.07. The van der Waals surface area contributed by atoms with E-state index in [1.807, 2.05) is 0 Å². The van der Waals surface area contributed by atoms with Crippen molar-refractivity contribution in [3.05, 3.63) is 52.6 Å². The van der Waals surface area contributed by atoms with Crippen LogP contribution in [0.5, 0.6) is 5.75 Å². The monoisotopic (exact) mass is 298 g/mol. The number of hydrogen-bond donors (Lipinski definition) is 1. The molecule has 6 heteroatoms. The lowest BCUT2D eigenvalue weighted by Crippen LogP contribution is -2.01. The molecule has 20 heavy (non-hydrogen) atoms. The molecule has 0 saturated carbocycles. The van der Waals surface area contributed by atoms with Crippen molar-refractivity contribution in [2.75, 3.05) is 7.11 Å². The van der Waals surface area contributed by atoms with Gasteiger partial charge in [-0.25, -0.2) is 13.6 Å². The van der Waals surface area contributed by atoms with Gasteiger partial charge in [-0.15, -0.1) is 0 Å². The third-order valence-electron chi connectivity index (χ3n) is 2.76. The van der Waals surface area contributed by atoms with Crippen molar-refractivity contribution in [1.82, 2.24) is 0 Å². The van der Waals surface area contributed by atoms with Crippen LogP contribution in [-0.2, 0) is 0 Å². The summed E-state index contributed by atoms with van der Waals surface area (Å²) in [4.78, 5) is 10.8. The van der Waals surface area contributed by atoms with Crippen molar-refractivity contribution in [2.24, 2.45) is 0 Å². The van der Waals surface area contributed by atoms with E-state index in [1.54, 1.807) is 0 Å². The van der Waals surface area contributed by atoms with Gasteiger partial charge in [0.25, 0.3) is 0 Å². The van der Waals surface area contributed by atoms with Crippen LogP contribution in [0.1, 0.15) is 10.4 Å². The van der Waals surface area contributed by atoms with E-state index in [0.717, 1.165) is 12.1 Å². The lowest BCUT2D eigenvalue weighted by atomic mass is 10.0. The first kappa shape index (κ1) is 14.3. The second kappa shape index (κ2) is 5.46. The minimum absolute atomic E-state index is 0.0127. The van der Waals surface area contributed by atoms with Crippen molar-refractivity contribution in [1.29, 1.82) is 0 Å². The summed E-state index contributed by atoms with van der Waals surface area (Å²) in [5, 5.41) is 8.74. The van der Waals surface area contributed by atoms with Crippen molar-refractivity contribution in [3.8, 4) is 16.9 Å². The van der Waals surface area contributed by atoms with Gasteiger partial charge >= 0.3 is 5.97 Å². The van der Waals surface area contributed by atoms with Crippen LogP contribution >= 0.6 is 11.6 Å². The molecule has 0 heterocycles. The van der Waals surface area contributed by atoms with E-state index in [2.05, 4.69) is 0 Å². The first-order valence-electron chi connectivity index (χ1n) is 5.51. The Hall–Kier alpha value is -2.14. The van der Waals surface area contributed by atoms with Gasteiger partial charge in [0.05, 0.1) is 12.7 Å². The van der Waals surface area contributed by atoms with E-state index in [0.29, 0.717) is 0 Å². The number of halogens is 3. The summed E-state index contributed by atoms with van der Waals surface area (Å²) in [6.07, 6.45) is 0. The van der Waals surface area contributed by atoms with Gasteiger partial charge in [-0.05, 0) is 18.2 Å². The molecule has 0 spiro atoms. The number of aromatic carboxylic acids is 1. The number of hydrogen-bond acceptors (Lipinski definition) is 2. The molecule has 0 unspecified atom stereocenters. The zero-order valence-corrected chi connectivity index (χ0v) is 11.0. The SMILES string of the molecule is COc1cccc(-c2cc(F)c(C(=O)O)cc2Cl)c1F. The normalized spacial score (nSPS) is 10.4. The quantitative estimate of drug-likeness (QED) is 0.932. The van der Waals surface area contributed by atoms with Crippen molar-refractivity contribution < 1.29 is 23.4 Å². The van der Waals surface area contributed by atoms with E-state index in [-0.39, 0.29) is 21.9 Å². The first-order valence-corrected chi connectivity index (χ1v) is 5.88. The van der Waals surface area contributed by atoms with Gasteiger partial charge in [-0.2, -0.15) is 0 Å². The molecule has 0 amide bonds. The average Bonchev–Trinajstić information content (AvgIpc) is 2.41. The second-order valence-electron chi connectivity index (χ2n) is 3.94. The van der Waals surface area contributed by atoms with Crippen molar-refractivity contribution >= 4 is 17.6 Å². The Balaban J connectivity index is 2.65. The van der Waals surface area contributed by atoms with Gasteiger partial charge in [0.2, 0.25) is 0 Å². The summed E-state index contributed by atoms with van der Waals surface area (Å²) < 4.78 is 32.6. The molecule has 0 aliphatic heterocycles. The van der Waals surface area contributed by atoms with Crippen LogP contribution in [0.2, 0.25) is 5.02 Å². The average molecular weight is 299 g/mol. The summed E-state index contributed by atoms with van der Waals surface area (Å²) in [6, 6.07) is 6.18. The van der Waals surface area contributed by atoms with Gasteiger partial charge < -0.3 is 9.84 Å². The van der Waals surface area contributed by atoms with Crippen LogP contribution in [-0.4, -0.2) is 18.2 Å². The molecule has 0 radical (unpaired) electrons. The molecule has 0 aromatic heterocycles. The molecule has 0 atom stereocenters. The fourth-order valence-electron chi connectivity index (χ4n) is 1.79. The largest absolute Gasteiger partial charge is 0.494 e. The Morgan fingerprint density at radius 1 is 1.25 bits per heavy atom. The zero-order chi connectivity index (χ0) is 14.9. The Bertz CT molecular complexity index is 686. The van der Waals surface area contributed by atoms with E-state index in [1.165, 1.54) is 25.3 Å².